The lowest BCUT2D eigenvalue weighted by molar-refractivity contribution is 0.0820. The van der Waals surface area contributed by atoms with Crippen molar-refractivity contribution in [3.8, 4) is 0 Å². The van der Waals surface area contributed by atoms with E-state index in [0.717, 1.165) is 6.04 Å². The molecule has 1 unspecified atom stereocenters. The molecule has 3 aliphatic rings. The molecule has 3 rings (SSSR count). The van der Waals surface area contributed by atoms with Gasteiger partial charge in [0.1, 0.15) is 0 Å². The van der Waals surface area contributed by atoms with Crippen molar-refractivity contribution < 1.29 is 9.47 Å². The summed E-state index contributed by atoms with van der Waals surface area (Å²) >= 11 is 0. The van der Waals surface area contributed by atoms with E-state index < -0.39 is 0 Å². The summed E-state index contributed by atoms with van der Waals surface area (Å²) in [6.45, 7) is 4.99. The van der Waals surface area contributed by atoms with Gasteiger partial charge in [-0.25, -0.2) is 0 Å². The van der Waals surface area contributed by atoms with Crippen molar-refractivity contribution in [3.05, 3.63) is 0 Å². The lowest BCUT2D eigenvalue weighted by Crippen LogP contribution is -2.46. The fourth-order valence-corrected chi connectivity index (χ4v) is 3.49. The number of likely N-dealkylation sites (tertiary alicyclic amines) is 2. The second kappa shape index (κ2) is 5.87. The van der Waals surface area contributed by atoms with Gasteiger partial charge in [-0.1, -0.05) is 12.8 Å². The SMILES string of the molecule is COC1O[C@H]1N1CCC(N2CCCCCC2)CC1. The topological polar surface area (TPSA) is 28.2 Å². The van der Waals surface area contributed by atoms with Gasteiger partial charge in [0.2, 0.25) is 0 Å². The van der Waals surface area contributed by atoms with E-state index in [9.17, 15) is 0 Å². The van der Waals surface area contributed by atoms with Gasteiger partial charge in [0.05, 0.1) is 0 Å². The first-order valence-corrected chi connectivity index (χ1v) is 7.55. The van der Waals surface area contributed by atoms with Crippen LogP contribution >= 0.6 is 0 Å². The lowest BCUT2D eigenvalue weighted by atomic mass is 10.0. The van der Waals surface area contributed by atoms with Crippen molar-refractivity contribution in [2.24, 2.45) is 0 Å². The summed E-state index contributed by atoms with van der Waals surface area (Å²) in [4.78, 5) is 5.19. The Labute approximate surface area is 110 Å². The summed E-state index contributed by atoms with van der Waals surface area (Å²) in [7, 11) is 1.73. The molecule has 0 aromatic rings. The van der Waals surface area contributed by atoms with Gasteiger partial charge in [0.15, 0.2) is 12.5 Å². The van der Waals surface area contributed by atoms with Crippen LogP contribution in [0.15, 0.2) is 0 Å². The van der Waals surface area contributed by atoms with Crippen LogP contribution < -0.4 is 0 Å². The highest BCUT2D eigenvalue weighted by molar-refractivity contribution is 4.86. The molecule has 3 aliphatic heterocycles. The number of epoxide rings is 1. The highest BCUT2D eigenvalue weighted by atomic mass is 16.8. The van der Waals surface area contributed by atoms with Gasteiger partial charge in [-0.15, -0.1) is 0 Å². The van der Waals surface area contributed by atoms with Crippen LogP contribution in [-0.2, 0) is 9.47 Å². The number of ether oxygens (including phenoxy) is 2. The first kappa shape index (κ1) is 12.9. The maximum Gasteiger partial charge on any atom is 0.199 e. The lowest BCUT2D eigenvalue weighted by Gasteiger charge is -2.37. The molecule has 0 N–H and O–H groups in total. The monoisotopic (exact) mass is 254 g/mol. The van der Waals surface area contributed by atoms with Crippen molar-refractivity contribution in [1.29, 1.82) is 0 Å². The summed E-state index contributed by atoms with van der Waals surface area (Å²) in [6, 6.07) is 0.819. The summed E-state index contributed by atoms with van der Waals surface area (Å²) in [5.74, 6) is 0. The Balaban J connectivity index is 1.44. The summed E-state index contributed by atoms with van der Waals surface area (Å²) in [6.07, 6.45) is 8.56. The molecule has 18 heavy (non-hydrogen) atoms. The normalized spacial score (nSPS) is 36.5. The predicted molar refractivity (Wildman–Crippen MR) is 70.3 cm³/mol. The van der Waals surface area contributed by atoms with Crippen LogP contribution in [0.5, 0.6) is 0 Å². The zero-order valence-electron chi connectivity index (χ0n) is 11.5. The fourth-order valence-electron chi connectivity index (χ4n) is 3.49. The average Bonchev–Trinajstić information content (AvgIpc) is 3.23. The third kappa shape index (κ3) is 2.87. The molecule has 0 bridgehead atoms. The van der Waals surface area contributed by atoms with Gasteiger partial charge >= 0.3 is 0 Å². The molecule has 4 heteroatoms. The third-order valence-corrected chi connectivity index (χ3v) is 4.68. The highest BCUT2D eigenvalue weighted by Gasteiger charge is 2.45. The van der Waals surface area contributed by atoms with Crippen LogP contribution in [0.25, 0.3) is 0 Å². The second-order valence-corrected chi connectivity index (χ2v) is 5.85. The molecule has 0 aliphatic carbocycles. The van der Waals surface area contributed by atoms with E-state index >= 15 is 0 Å². The van der Waals surface area contributed by atoms with Crippen LogP contribution in [-0.4, -0.2) is 61.6 Å². The van der Waals surface area contributed by atoms with E-state index in [1.54, 1.807) is 7.11 Å². The van der Waals surface area contributed by atoms with Gasteiger partial charge < -0.3 is 14.4 Å². The van der Waals surface area contributed by atoms with E-state index in [-0.39, 0.29) is 12.5 Å². The third-order valence-electron chi connectivity index (χ3n) is 4.68. The average molecular weight is 254 g/mol. The van der Waals surface area contributed by atoms with E-state index in [0.29, 0.717) is 0 Å². The standard InChI is InChI=1S/C14H26N2O2/c1-17-14-13(18-14)16-10-6-12(7-11-16)15-8-4-2-3-5-9-15/h12-14H,2-11H2,1H3/t13-,14?/m1/s1. The summed E-state index contributed by atoms with van der Waals surface area (Å²) in [5.41, 5.74) is 0. The molecule has 4 nitrogen and oxygen atoms in total. The first-order chi connectivity index (χ1) is 8.88. The quantitative estimate of drug-likeness (QED) is 0.716. The fraction of sp³-hybridized carbons (Fsp3) is 1.00. The van der Waals surface area contributed by atoms with E-state index in [1.165, 1.54) is 64.7 Å². The zero-order valence-corrected chi connectivity index (χ0v) is 11.5. The maximum absolute atomic E-state index is 5.50. The predicted octanol–water partition coefficient (Wildman–Crippen LogP) is 1.66. The molecule has 0 aromatic heterocycles. The van der Waals surface area contributed by atoms with Crippen molar-refractivity contribution in [2.45, 2.75) is 57.1 Å². The molecule has 0 radical (unpaired) electrons. The molecule has 2 atom stereocenters. The Morgan fingerprint density at radius 1 is 0.889 bits per heavy atom. The number of rotatable bonds is 3. The molecule has 104 valence electrons. The number of hydrogen-bond acceptors (Lipinski definition) is 4. The molecule has 0 amide bonds. The summed E-state index contributed by atoms with van der Waals surface area (Å²) in [5, 5.41) is 0. The van der Waals surface area contributed by atoms with Gasteiger partial charge in [0.25, 0.3) is 0 Å². The van der Waals surface area contributed by atoms with E-state index in [1.807, 2.05) is 0 Å². The van der Waals surface area contributed by atoms with Crippen LogP contribution in [0.3, 0.4) is 0 Å². The van der Waals surface area contributed by atoms with Crippen LogP contribution in [0.2, 0.25) is 0 Å². The minimum Gasteiger partial charge on any atom is -0.352 e. The minimum absolute atomic E-state index is 0.0414. The van der Waals surface area contributed by atoms with Crippen molar-refractivity contribution in [1.82, 2.24) is 9.80 Å². The van der Waals surface area contributed by atoms with Gasteiger partial charge in [-0.3, -0.25) is 4.90 Å². The van der Waals surface area contributed by atoms with Crippen LogP contribution in [0, 0.1) is 0 Å². The number of methoxy groups -OCH3 is 1. The molecule has 0 aromatic carbocycles. The van der Waals surface area contributed by atoms with E-state index in [4.69, 9.17) is 9.47 Å². The number of hydrogen-bond donors (Lipinski definition) is 0. The Bertz CT molecular complexity index is 259. The number of piperidine rings is 1. The summed E-state index contributed by atoms with van der Waals surface area (Å²) < 4.78 is 10.7. The largest absolute Gasteiger partial charge is 0.352 e. The molecular formula is C14H26N2O2. The van der Waals surface area contributed by atoms with Gasteiger partial charge in [-0.2, -0.15) is 0 Å². The molecular weight excluding hydrogens is 228 g/mol. The Morgan fingerprint density at radius 3 is 2.11 bits per heavy atom. The van der Waals surface area contributed by atoms with Crippen molar-refractivity contribution in [2.75, 3.05) is 33.3 Å². The van der Waals surface area contributed by atoms with Crippen LogP contribution in [0.4, 0.5) is 0 Å². The minimum atomic E-state index is 0.0414. The molecule has 0 saturated carbocycles. The first-order valence-electron chi connectivity index (χ1n) is 7.55. The van der Waals surface area contributed by atoms with Gasteiger partial charge in [0, 0.05) is 26.2 Å². The molecule has 3 fully saturated rings. The zero-order chi connectivity index (χ0) is 12.4. The highest BCUT2D eigenvalue weighted by Crippen LogP contribution is 2.30. The van der Waals surface area contributed by atoms with E-state index in [2.05, 4.69) is 9.80 Å². The van der Waals surface area contributed by atoms with Crippen molar-refractivity contribution >= 4 is 0 Å². The molecule has 3 heterocycles. The van der Waals surface area contributed by atoms with Crippen molar-refractivity contribution in [3.63, 3.8) is 0 Å². The Hall–Kier alpha value is -0.160. The molecule has 0 spiro atoms. The smallest absolute Gasteiger partial charge is 0.199 e. The van der Waals surface area contributed by atoms with Crippen LogP contribution in [0.1, 0.15) is 38.5 Å². The second-order valence-electron chi connectivity index (χ2n) is 5.85. The number of nitrogens with zero attached hydrogens (tertiary/aromatic N) is 2. The maximum atomic E-state index is 5.50. The Kier molecular flexibility index (Phi) is 4.19. The van der Waals surface area contributed by atoms with Gasteiger partial charge in [-0.05, 0) is 38.8 Å². The Morgan fingerprint density at radius 2 is 1.56 bits per heavy atom. The molecule has 3 saturated heterocycles.